The zero-order valence-corrected chi connectivity index (χ0v) is 12.8. The number of halogens is 2. The van der Waals surface area contributed by atoms with Gasteiger partial charge in [-0.3, -0.25) is 9.79 Å². The van der Waals surface area contributed by atoms with Crippen LogP contribution in [-0.4, -0.2) is 17.1 Å². The summed E-state index contributed by atoms with van der Waals surface area (Å²) in [7, 11) is 0. The minimum absolute atomic E-state index is 0.0770. The Bertz CT molecular complexity index is 618. The number of aliphatic hydroxyl groups is 1. The molecule has 0 unspecified atom stereocenters. The predicted octanol–water partition coefficient (Wildman–Crippen LogP) is 4.90. The van der Waals surface area contributed by atoms with E-state index in [1.165, 1.54) is 6.21 Å². The number of hydrogen-bond acceptors (Lipinski definition) is 3. The number of carbonyl (C=O) groups is 1. The monoisotopic (exact) mass is 311 g/mol. The van der Waals surface area contributed by atoms with Crippen molar-refractivity contribution < 1.29 is 9.90 Å². The van der Waals surface area contributed by atoms with Crippen molar-refractivity contribution in [2.45, 2.75) is 26.7 Å². The van der Waals surface area contributed by atoms with E-state index in [0.29, 0.717) is 28.6 Å². The molecule has 0 heterocycles. The summed E-state index contributed by atoms with van der Waals surface area (Å²) < 4.78 is 0. The first-order valence-corrected chi connectivity index (χ1v) is 6.98. The van der Waals surface area contributed by atoms with Gasteiger partial charge in [0.1, 0.15) is 5.76 Å². The first-order valence-electron chi connectivity index (χ1n) is 6.23. The van der Waals surface area contributed by atoms with Crippen molar-refractivity contribution in [3.05, 3.63) is 39.6 Å². The molecule has 0 fully saturated rings. The van der Waals surface area contributed by atoms with Crippen LogP contribution in [-0.2, 0) is 4.79 Å². The Hall–Kier alpha value is -1.32. The molecule has 3 nitrogen and oxygen atoms in total. The number of carbonyl (C=O) groups excluding carboxylic acids is 1. The minimum Gasteiger partial charge on any atom is -0.511 e. The molecule has 1 aromatic carbocycles. The molecule has 0 atom stereocenters. The number of aliphatic hydroxyl groups excluding tert-OH is 1. The third-order valence-corrected chi connectivity index (χ3v) is 3.69. The highest BCUT2D eigenvalue weighted by Crippen LogP contribution is 2.35. The molecule has 1 aliphatic carbocycles. The number of allylic oxidation sites excluding steroid dienone is 2. The molecule has 0 amide bonds. The van der Waals surface area contributed by atoms with Crippen LogP contribution in [0.15, 0.2) is 34.5 Å². The quantitative estimate of drug-likeness (QED) is 0.790. The van der Waals surface area contributed by atoms with Gasteiger partial charge in [-0.2, -0.15) is 0 Å². The molecule has 0 aromatic heterocycles. The largest absolute Gasteiger partial charge is 0.511 e. The molecule has 1 N–H and O–H groups in total. The lowest BCUT2D eigenvalue weighted by atomic mass is 9.77. The topological polar surface area (TPSA) is 49.7 Å². The Morgan fingerprint density at radius 1 is 1.30 bits per heavy atom. The molecule has 0 saturated heterocycles. The van der Waals surface area contributed by atoms with E-state index in [2.05, 4.69) is 4.99 Å². The Labute approximate surface area is 127 Å². The molecule has 0 spiro atoms. The molecule has 2 rings (SSSR count). The van der Waals surface area contributed by atoms with Gasteiger partial charge in [-0.1, -0.05) is 37.0 Å². The van der Waals surface area contributed by atoms with Gasteiger partial charge < -0.3 is 5.11 Å². The number of nitrogens with zero attached hydrogens (tertiary/aromatic N) is 1. The van der Waals surface area contributed by atoms with Crippen molar-refractivity contribution >= 4 is 40.9 Å². The number of hydrogen-bond donors (Lipinski definition) is 1. The summed E-state index contributed by atoms with van der Waals surface area (Å²) in [6, 6.07) is 4.90. The number of benzene rings is 1. The first kappa shape index (κ1) is 15.1. The molecule has 5 heteroatoms. The Balaban J connectivity index is 2.31. The maximum atomic E-state index is 12.0. The van der Waals surface area contributed by atoms with E-state index in [1.807, 2.05) is 13.8 Å². The van der Waals surface area contributed by atoms with Crippen LogP contribution in [0.5, 0.6) is 0 Å². The van der Waals surface area contributed by atoms with Crippen LogP contribution < -0.4 is 0 Å². The van der Waals surface area contributed by atoms with Gasteiger partial charge in [-0.25, -0.2) is 0 Å². The predicted molar refractivity (Wildman–Crippen MR) is 82.3 cm³/mol. The van der Waals surface area contributed by atoms with E-state index in [0.717, 1.165) is 0 Å². The van der Waals surface area contributed by atoms with Crippen molar-refractivity contribution in [3.63, 3.8) is 0 Å². The highest BCUT2D eigenvalue weighted by atomic mass is 35.5. The van der Waals surface area contributed by atoms with Crippen molar-refractivity contribution in [3.8, 4) is 0 Å². The van der Waals surface area contributed by atoms with Gasteiger partial charge in [-0.05, 0) is 23.6 Å². The molecule has 0 bridgehead atoms. The average Bonchev–Trinajstić information content (AvgIpc) is 2.30. The third kappa shape index (κ3) is 3.41. The fraction of sp³-hybridized carbons (Fsp3) is 0.333. The van der Waals surface area contributed by atoms with Crippen molar-refractivity contribution in [2.75, 3.05) is 0 Å². The SMILES string of the molecule is CC1(C)CC(=O)C(C=Nc2cc(Cl)ccc2Cl)=C(O)C1. The summed E-state index contributed by atoms with van der Waals surface area (Å²) >= 11 is 11.9. The van der Waals surface area contributed by atoms with Crippen LogP contribution >= 0.6 is 23.2 Å². The van der Waals surface area contributed by atoms with Crippen LogP contribution in [0.25, 0.3) is 0 Å². The lowest BCUT2D eigenvalue weighted by molar-refractivity contribution is -0.117. The second kappa shape index (κ2) is 5.58. The molecule has 106 valence electrons. The lowest BCUT2D eigenvalue weighted by Crippen LogP contribution is -2.26. The van der Waals surface area contributed by atoms with Gasteiger partial charge in [-0.15, -0.1) is 0 Å². The van der Waals surface area contributed by atoms with Gasteiger partial charge >= 0.3 is 0 Å². The summed E-state index contributed by atoms with van der Waals surface area (Å²) in [4.78, 5) is 16.2. The Morgan fingerprint density at radius 3 is 2.65 bits per heavy atom. The maximum absolute atomic E-state index is 12.0. The normalized spacial score (nSPS) is 18.9. The fourth-order valence-electron chi connectivity index (χ4n) is 2.17. The maximum Gasteiger partial charge on any atom is 0.168 e. The number of Topliss-reactive ketones (excluding diaryl/α,β-unsaturated/α-hetero) is 1. The van der Waals surface area contributed by atoms with E-state index < -0.39 is 0 Å². The molecule has 1 aromatic rings. The second-order valence-electron chi connectivity index (χ2n) is 5.66. The zero-order valence-electron chi connectivity index (χ0n) is 11.3. The van der Waals surface area contributed by atoms with E-state index in [9.17, 15) is 9.90 Å². The summed E-state index contributed by atoms with van der Waals surface area (Å²) in [6.07, 6.45) is 2.22. The zero-order chi connectivity index (χ0) is 14.9. The van der Waals surface area contributed by atoms with Crippen molar-refractivity contribution in [1.29, 1.82) is 0 Å². The molecule has 0 saturated carbocycles. The van der Waals surface area contributed by atoms with Gasteiger partial charge in [0.2, 0.25) is 0 Å². The standard InChI is InChI=1S/C15H15Cl2NO2/c1-15(2)6-13(19)10(14(20)7-15)8-18-12-5-9(16)3-4-11(12)17/h3-5,8,19H,6-7H2,1-2H3. The van der Waals surface area contributed by atoms with Crippen molar-refractivity contribution in [1.82, 2.24) is 0 Å². The lowest BCUT2D eigenvalue weighted by Gasteiger charge is -2.28. The van der Waals surface area contributed by atoms with Gasteiger partial charge in [0, 0.05) is 24.1 Å². The van der Waals surface area contributed by atoms with Gasteiger partial charge in [0.25, 0.3) is 0 Å². The fourth-order valence-corrected chi connectivity index (χ4v) is 2.50. The Morgan fingerprint density at radius 2 is 2.00 bits per heavy atom. The van der Waals surface area contributed by atoms with E-state index >= 15 is 0 Å². The minimum atomic E-state index is -0.216. The molecule has 0 aliphatic heterocycles. The van der Waals surface area contributed by atoms with Crippen LogP contribution in [0.4, 0.5) is 5.69 Å². The van der Waals surface area contributed by atoms with Crippen LogP contribution in [0.3, 0.4) is 0 Å². The molecule has 20 heavy (non-hydrogen) atoms. The summed E-state index contributed by atoms with van der Waals surface area (Å²) in [6.45, 7) is 3.89. The number of rotatable bonds is 2. The first-order chi connectivity index (χ1) is 9.28. The average molecular weight is 312 g/mol. The summed E-state index contributed by atoms with van der Waals surface area (Å²) in [5.41, 5.74) is 0.504. The van der Waals surface area contributed by atoms with Crippen molar-refractivity contribution in [2.24, 2.45) is 10.4 Å². The van der Waals surface area contributed by atoms with E-state index in [-0.39, 0.29) is 22.5 Å². The number of aliphatic imine (C=N–C) groups is 1. The molecular formula is C15H15Cl2NO2. The summed E-state index contributed by atoms with van der Waals surface area (Å²) in [5.74, 6) is -0.0335. The van der Waals surface area contributed by atoms with Crippen LogP contribution in [0.2, 0.25) is 10.0 Å². The molecule has 1 aliphatic rings. The van der Waals surface area contributed by atoms with Crippen LogP contribution in [0, 0.1) is 5.41 Å². The van der Waals surface area contributed by atoms with Crippen LogP contribution in [0.1, 0.15) is 26.7 Å². The van der Waals surface area contributed by atoms with E-state index in [4.69, 9.17) is 23.2 Å². The number of ketones is 1. The van der Waals surface area contributed by atoms with Gasteiger partial charge in [0.15, 0.2) is 5.78 Å². The molecule has 0 radical (unpaired) electrons. The highest BCUT2D eigenvalue weighted by molar-refractivity contribution is 6.35. The second-order valence-corrected chi connectivity index (χ2v) is 6.50. The smallest absolute Gasteiger partial charge is 0.168 e. The Kier molecular flexibility index (Phi) is 4.21. The van der Waals surface area contributed by atoms with Gasteiger partial charge in [0.05, 0.1) is 16.3 Å². The third-order valence-electron chi connectivity index (χ3n) is 3.14. The van der Waals surface area contributed by atoms with E-state index in [1.54, 1.807) is 18.2 Å². The highest BCUT2D eigenvalue weighted by Gasteiger charge is 2.32. The molecular weight excluding hydrogens is 297 g/mol. The summed E-state index contributed by atoms with van der Waals surface area (Å²) in [5, 5.41) is 10.9.